The maximum absolute atomic E-state index is 2.56. The largest absolute Gasteiger partial charge is 0.358 e. The summed E-state index contributed by atoms with van der Waals surface area (Å²) in [5.41, 5.74) is 2.08. The zero-order valence-corrected chi connectivity index (χ0v) is 10.4. The Kier molecular flexibility index (Phi) is 2.57. The normalized spacial score (nSPS) is 33.3. The van der Waals surface area contributed by atoms with Crippen molar-refractivity contribution in [2.24, 2.45) is 0 Å². The summed E-state index contributed by atoms with van der Waals surface area (Å²) in [6, 6.07) is 11.3. The second-order valence-corrected chi connectivity index (χ2v) is 6.21. The second kappa shape index (κ2) is 4.07. The van der Waals surface area contributed by atoms with Gasteiger partial charge in [-0.1, -0.05) is 51.1 Å². The summed E-state index contributed by atoms with van der Waals surface area (Å²) in [6.45, 7) is 2.34. The fourth-order valence-electron chi connectivity index (χ4n) is 2.63. The highest BCUT2D eigenvalue weighted by molar-refractivity contribution is 7.40. The van der Waals surface area contributed by atoms with Gasteiger partial charge in [0.05, 0.1) is 6.04 Å². The molecule has 1 heterocycles. The number of hydrogen-bond acceptors (Lipinski definition) is 1. The van der Waals surface area contributed by atoms with Gasteiger partial charge in [-0.3, -0.25) is 0 Å². The van der Waals surface area contributed by atoms with Crippen LogP contribution in [-0.2, 0) is 0 Å². The lowest BCUT2D eigenvalue weighted by Crippen LogP contribution is -2.36. The average molecular weight is 229 g/mol. The molecule has 0 amide bonds. The zero-order valence-electron chi connectivity index (χ0n) is 9.38. The molecule has 0 spiro atoms. The molecule has 0 radical (unpaired) electrons. The van der Waals surface area contributed by atoms with E-state index in [1.807, 2.05) is 0 Å². The van der Waals surface area contributed by atoms with E-state index in [1.54, 1.807) is 0 Å². The summed E-state index contributed by atoms with van der Waals surface area (Å²) in [4.78, 5) is 2.56. The number of rotatable bonds is 1. The Hall–Kier alpha value is -1.07. The topological polar surface area (TPSA) is 3.24 Å². The first-order valence-corrected chi connectivity index (χ1v) is 6.96. The summed E-state index contributed by atoms with van der Waals surface area (Å²) in [5, 5.41) is 0. The van der Waals surface area contributed by atoms with Crippen LogP contribution in [-0.4, -0.2) is 17.5 Å². The van der Waals surface area contributed by atoms with Crippen molar-refractivity contribution in [3.8, 4) is 0 Å². The minimum atomic E-state index is 0.570. The lowest BCUT2D eigenvalue weighted by molar-refractivity contribution is 0.733. The minimum absolute atomic E-state index is 0.570. The van der Waals surface area contributed by atoms with Gasteiger partial charge in [-0.05, 0) is 19.1 Å². The fraction of sp³-hybridized carbons (Fsp3) is 0.286. The average Bonchev–Trinajstić information content (AvgIpc) is 2.66. The number of benzene rings is 1. The Bertz CT molecular complexity index is 424. The van der Waals surface area contributed by atoms with E-state index in [4.69, 9.17) is 0 Å². The molecule has 0 bridgehead atoms. The molecule has 1 aliphatic heterocycles. The molecule has 0 saturated carbocycles. The third-order valence-corrected chi connectivity index (χ3v) is 5.01. The summed E-state index contributed by atoms with van der Waals surface area (Å²) in [5.74, 6) is 0.657. The summed E-state index contributed by atoms with van der Waals surface area (Å²) in [7, 11) is 1.01. The van der Waals surface area contributed by atoms with Gasteiger partial charge in [-0.15, -0.1) is 0 Å². The number of nitrogens with zero attached hydrogens (tertiary/aromatic N) is 1. The lowest BCUT2D eigenvalue weighted by atomic mass is 10.1. The fourth-order valence-corrected chi connectivity index (χ4v) is 4.36. The van der Waals surface area contributed by atoms with E-state index in [9.17, 15) is 0 Å². The van der Waals surface area contributed by atoms with Crippen LogP contribution in [0.1, 0.15) is 6.92 Å². The van der Waals surface area contributed by atoms with E-state index in [-0.39, 0.29) is 0 Å². The van der Waals surface area contributed by atoms with Crippen molar-refractivity contribution >= 4 is 14.3 Å². The smallest absolute Gasteiger partial charge is 0.0582 e. The van der Waals surface area contributed by atoms with Crippen LogP contribution in [0.15, 0.2) is 54.6 Å². The van der Waals surface area contributed by atoms with Gasteiger partial charge < -0.3 is 4.90 Å². The van der Waals surface area contributed by atoms with E-state index in [1.165, 1.54) is 5.69 Å². The van der Waals surface area contributed by atoms with E-state index < -0.39 is 0 Å². The predicted octanol–water partition coefficient (Wildman–Crippen LogP) is 3.39. The van der Waals surface area contributed by atoms with Crippen molar-refractivity contribution in [3.63, 3.8) is 0 Å². The van der Waals surface area contributed by atoms with Gasteiger partial charge in [-0.2, -0.15) is 0 Å². The van der Waals surface area contributed by atoms with Crippen LogP contribution in [0, 0.1) is 0 Å². The number of fused-ring (bicyclic) bond motifs is 1. The summed E-state index contributed by atoms with van der Waals surface area (Å²) >= 11 is 0. The molecule has 1 aromatic carbocycles. The van der Waals surface area contributed by atoms with Gasteiger partial charge in [0, 0.05) is 17.1 Å². The molecule has 82 valence electrons. The zero-order chi connectivity index (χ0) is 11.0. The highest BCUT2D eigenvalue weighted by Gasteiger charge is 2.36. The van der Waals surface area contributed by atoms with Crippen LogP contribution >= 0.6 is 8.58 Å². The molecule has 1 aliphatic carbocycles. The Morgan fingerprint density at radius 1 is 1.06 bits per heavy atom. The molecule has 0 N–H and O–H groups in total. The molecule has 1 fully saturated rings. The van der Waals surface area contributed by atoms with Crippen LogP contribution < -0.4 is 4.90 Å². The molecule has 16 heavy (non-hydrogen) atoms. The van der Waals surface area contributed by atoms with Crippen molar-refractivity contribution < 1.29 is 0 Å². The van der Waals surface area contributed by atoms with Crippen LogP contribution in [0.4, 0.5) is 5.69 Å². The SMILES string of the molecule is CC1PC2C=CC=CC2N1c1ccccc1. The Balaban J connectivity index is 1.95. The molecular formula is C14H16NP. The van der Waals surface area contributed by atoms with Gasteiger partial charge in [0.25, 0.3) is 0 Å². The predicted molar refractivity (Wildman–Crippen MR) is 72.6 cm³/mol. The Morgan fingerprint density at radius 3 is 2.62 bits per heavy atom. The van der Waals surface area contributed by atoms with Gasteiger partial charge >= 0.3 is 0 Å². The molecule has 3 rings (SSSR count). The van der Waals surface area contributed by atoms with Crippen LogP contribution in [0.25, 0.3) is 0 Å². The Morgan fingerprint density at radius 2 is 1.81 bits per heavy atom. The van der Waals surface area contributed by atoms with Crippen molar-refractivity contribution in [1.82, 2.24) is 0 Å². The first-order chi connectivity index (χ1) is 7.86. The van der Waals surface area contributed by atoms with Crippen LogP contribution in [0.5, 0.6) is 0 Å². The van der Waals surface area contributed by atoms with Gasteiger partial charge in [0.15, 0.2) is 0 Å². The van der Waals surface area contributed by atoms with Gasteiger partial charge in [-0.25, -0.2) is 0 Å². The van der Waals surface area contributed by atoms with Crippen molar-refractivity contribution in [2.75, 3.05) is 4.90 Å². The van der Waals surface area contributed by atoms with Gasteiger partial charge in [0.2, 0.25) is 0 Å². The molecule has 2 aliphatic rings. The standard InChI is InChI=1S/C14H16NP/c1-11-15(12-7-3-2-4-8-12)13-9-5-6-10-14(13)16-11/h2-11,13-14,16H,1H3. The van der Waals surface area contributed by atoms with E-state index in [2.05, 4.69) is 66.5 Å². The maximum atomic E-state index is 2.56. The number of anilines is 1. The van der Waals surface area contributed by atoms with Crippen molar-refractivity contribution in [2.45, 2.75) is 24.4 Å². The molecule has 0 aromatic heterocycles. The number of para-hydroxylation sites is 1. The van der Waals surface area contributed by atoms with Crippen molar-refractivity contribution in [3.05, 3.63) is 54.6 Å². The van der Waals surface area contributed by atoms with Crippen LogP contribution in [0.3, 0.4) is 0 Å². The van der Waals surface area contributed by atoms with E-state index >= 15 is 0 Å². The molecule has 1 nitrogen and oxygen atoms in total. The first-order valence-electron chi connectivity index (χ1n) is 5.81. The van der Waals surface area contributed by atoms with Crippen LogP contribution in [0.2, 0.25) is 0 Å². The molecule has 1 aromatic rings. The lowest BCUT2D eigenvalue weighted by Gasteiger charge is -2.30. The highest BCUT2D eigenvalue weighted by Crippen LogP contribution is 2.45. The third-order valence-electron chi connectivity index (χ3n) is 3.33. The summed E-state index contributed by atoms with van der Waals surface area (Å²) < 4.78 is 0. The minimum Gasteiger partial charge on any atom is -0.358 e. The molecule has 4 unspecified atom stereocenters. The van der Waals surface area contributed by atoms with Gasteiger partial charge in [0.1, 0.15) is 0 Å². The molecular weight excluding hydrogens is 213 g/mol. The second-order valence-electron chi connectivity index (χ2n) is 4.37. The summed E-state index contributed by atoms with van der Waals surface area (Å²) in [6.07, 6.45) is 9.08. The molecule has 1 saturated heterocycles. The van der Waals surface area contributed by atoms with E-state index in [0.29, 0.717) is 11.8 Å². The Labute approximate surface area is 98.6 Å². The molecule has 4 atom stereocenters. The third kappa shape index (κ3) is 1.60. The van der Waals surface area contributed by atoms with E-state index in [0.717, 1.165) is 14.2 Å². The van der Waals surface area contributed by atoms with Crippen molar-refractivity contribution in [1.29, 1.82) is 0 Å². The monoisotopic (exact) mass is 229 g/mol. The number of hydrogen-bond donors (Lipinski definition) is 0. The quantitative estimate of drug-likeness (QED) is 0.667. The maximum Gasteiger partial charge on any atom is 0.0582 e. The highest BCUT2D eigenvalue weighted by atomic mass is 31.1. The first kappa shape index (κ1) is 10.1. The number of allylic oxidation sites excluding steroid dienone is 2. The molecule has 2 heteroatoms.